The van der Waals surface area contributed by atoms with E-state index in [9.17, 15) is 9.59 Å². The maximum absolute atomic E-state index is 12.2. The fourth-order valence-corrected chi connectivity index (χ4v) is 3.32. The van der Waals surface area contributed by atoms with E-state index in [1.54, 1.807) is 11.0 Å². The van der Waals surface area contributed by atoms with Crippen LogP contribution in [0.1, 0.15) is 18.7 Å². The Morgan fingerprint density at radius 3 is 2.71 bits per heavy atom. The van der Waals surface area contributed by atoms with E-state index in [0.717, 1.165) is 11.0 Å². The number of amides is 2. The van der Waals surface area contributed by atoms with Crippen LogP contribution in [0, 0.1) is 5.92 Å². The van der Waals surface area contributed by atoms with Crippen LogP contribution in [-0.4, -0.2) is 44.6 Å². The van der Waals surface area contributed by atoms with E-state index in [-0.39, 0.29) is 11.9 Å². The first-order valence-electron chi connectivity index (χ1n) is 7.82. The largest absolute Gasteiger partial charge is 0.481 e. The Morgan fingerprint density at radius 1 is 1.38 bits per heavy atom. The highest BCUT2D eigenvalue weighted by molar-refractivity contribution is 6.35. The number of urea groups is 1. The van der Waals surface area contributed by atoms with E-state index in [4.69, 9.17) is 16.7 Å². The lowest BCUT2D eigenvalue weighted by Crippen LogP contribution is -2.45. The van der Waals surface area contributed by atoms with Gasteiger partial charge in [0.2, 0.25) is 0 Å². The number of para-hydroxylation sites is 1. The molecule has 0 spiro atoms. The number of aromatic nitrogens is 2. The predicted molar refractivity (Wildman–Crippen MR) is 89.9 cm³/mol. The number of carboxylic acid groups (broad SMARTS) is 1. The molecular weight excluding hydrogens is 332 g/mol. The van der Waals surface area contributed by atoms with Gasteiger partial charge in [-0.25, -0.2) is 9.78 Å². The number of likely N-dealkylation sites (tertiary alicyclic amines) is 1. The second-order valence-electron chi connectivity index (χ2n) is 5.95. The molecule has 0 aliphatic carbocycles. The van der Waals surface area contributed by atoms with Crippen molar-refractivity contribution in [3.63, 3.8) is 0 Å². The molecule has 2 amide bonds. The van der Waals surface area contributed by atoms with Crippen molar-refractivity contribution in [2.45, 2.75) is 19.4 Å². The van der Waals surface area contributed by atoms with E-state index in [0.29, 0.717) is 43.3 Å². The average molecular weight is 351 g/mol. The van der Waals surface area contributed by atoms with Gasteiger partial charge >= 0.3 is 12.0 Å². The molecule has 1 aromatic heterocycles. The van der Waals surface area contributed by atoms with Crippen molar-refractivity contribution in [2.75, 3.05) is 13.1 Å². The number of piperidine rings is 1. The number of nitrogens with one attached hydrogen (secondary N) is 1. The van der Waals surface area contributed by atoms with Crippen LogP contribution >= 0.6 is 11.6 Å². The first kappa shape index (κ1) is 16.6. The van der Waals surface area contributed by atoms with E-state index in [1.807, 2.05) is 23.7 Å². The van der Waals surface area contributed by atoms with Crippen LogP contribution < -0.4 is 5.32 Å². The summed E-state index contributed by atoms with van der Waals surface area (Å²) in [6, 6.07) is 5.33. The Morgan fingerprint density at radius 2 is 2.08 bits per heavy atom. The zero-order chi connectivity index (χ0) is 17.3. The molecule has 2 aromatic rings. The molecule has 3 rings (SSSR count). The summed E-state index contributed by atoms with van der Waals surface area (Å²) in [5, 5.41) is 12.5. The minimum Gasteiger partial charge on any atom is -0.481 e. The van der Waals surface area contributed by atoms with Gasteiger partial charge in [-0.15, -0.1) is 0 Å². The summed E-state index contributed by atoms with van der Waals surface area (Å²) in [6.07, 6.45) is 0.981. The zero-order valence-corrected chi connectivity index (χ0v) is 14.1. The minimum absolute atomic E-state index is 0.197. The van der Waals surface area contributed by atoms with Crippen LogP contribution in [0.3, 0.4) is 0 Å². The van der Waals surface area contributed by atoms with Gasteiger partial charge in [-0.2, -0.15) is 0 Å². The van der Waals surface area contributed by atoms with Gasteiger partial charge in [0.05, 0.1) is 28.5 Å². The number of fused-ring (bicyclic) bond motifs is 1. The summed E-state index contributed by atoms with van der Waals surface area (Å²) in [4.78, 5) is 29.3. The molecule has 8 heteroatoms. The van der Waals surface area contributed by atoms with Gasteiger partial charge in [-0.3, -0.25) is 4.79 Å². The second-order valence-corrected chi connectivity index (χ2v) is 6.36. The van der Waals surface area contributed by atoms with Crippen LogP contribution in [0.25, 0.3) is 11.0 Å². The monoisotopic (exact) mass is 350 g/mol. The molecule has 1 fully saturated rings. The molecule has 0 bridgehead atoms. The van der Waals surface area contributed by atoms with Gasteiger partial charge in [0.25, 0.3) is 0 Å². The van der Waals surface area contributed by atoms with Crippen LogP contribution in [0.15, 0.2) is 18.2 Å². The number of carbonyl (C=O) groups is 2. The summed E-state index contributed by atoms with van der Waals surface area (Å²) < 4.78 is 1.87. The summed E-state index contributed by atoms with van der Waals surface area (Å²) in [7, 11) is 1.86. The fraction of sp³-hybridized carbons (Fsp3) is 0.438. The quantitative estimate of drug-likeness (QED) is 0.888. The maximum atomic E-state index is 12.2. The summed E-state index contributed by atoms with van der Waals surface area (Å²) in [5.74, 6) is -0.422. The molecule has 0 atom stereocenters. The van der Waals surface area contributed by atoms with Crippen molar-refractivity contribution in [1.29, 1.82) is 0 Å². The Hall–Kier alpha value is -2.28. The van der Waals surface area contributed by atoms with Crippen molar-refractivity contribution in [1.82, 2.24) is 19.8 Å². The van der Waals surface area contributed by atoms with Crippen molar-refractivity contribution in [3.05, 3.63) is 29.0 Å². The number of hydrogen-bond donors (Lipinski definition) is 2. The number of carboxylic acids is 1. The first-order chi connectivity index (χ1) is 11.5. The van der Waals surface area contributed by atoms with E-state index in [2.05, 4.69) is 10.3 Å². The number of benzene rings is 1. The molecular formula is C16H19ClN4O3. The molecule has 2 N–H and O–H groups in total. The summed E-state index contributed by atoms with van der Waals surface area (Å²) in [5.41, 5.74) is 1.63. The Balaban J connectivity index is 1.62. The van der Waals surface area contributed by atoms with Crippen molar-refractivity contribution >= 4 is 34.6 Å². The van der Waals surface area contributed by atoms with Gasteiger partial charge < -0.3 is 19.9 Å². The molecule has 0 radical (unpaired) electrons. The SMILES string of the molecule is Cn1c(CNC(=O)N2CCC(C(=O)O)CC2)nc2cccc(Cl)c21. The van der Waals surface area contributed by atoms with Crippen LogP contribution in [0.5, 0.6) is 0 Å². The number of carbonyl (C=O) groups excluding carboxylic acids is 1. The third kappa shape index (κ3) is 3.17. The lowest BCUT2D eigenvalue weighted by Gasteiger charge is -2.30. The van der Waals surface area contributed by atoms with Crippen molar-refractivity contribution in [3.8, 4) is 0 Å². The Bertz CT molecular complexity index is 781. The third-order valence-corrected chi connectivity index (χ3v) is 4.77. The van der Waals surface area contributed by atoms with Gasteiger partial charge in [-0.1, -0.05) is 17.7 Å². The number of nitrogens with zero attached hydrogens (tertiary/aromatic N) is 3. The van der Waals surface area contributed by atoms with E-state index < -0.39 is 5.97 Å². The van der Waals surface area contributed by atoms with E-state index >= 15 is 0 Å². The second kappa shape index (κ2) is 6.68. The standard InChI is InChI=1S/C16H19ClN4O3/c1-20-13(19-12-4-2-3-11(17)14(12)20)9-18-16(24)21-7-5-10(6-8-21)15(22)23/h2-4,10H,5-9H2,1H3,(H,18,24)(H,22,23). The fourth-order valence-electron chi connectivity index (χ4n) is 3.02. The maximum Gasteiger partial charge on any atom is 0.317 e. The van der Waals surface area contributed by atoms with Crippen molar-refractivity contribution in [2.24, 2.45) is 13.0 Å². The molecule has 7 nitrogen and oxygen atoms in total. The molecule has 1 aromatic carbocycles. The van der Waals surface area contributed by atoms with Crippen molar-refractivity contribution < 1.29 is 14.7 Å². The molecule has 0 saturated carbocycles. The summed E-state index contributed by atoms with van der Waals surface area (Å²) >= 11 is 6.19. The van der Waals surface area contributed by atoms with Crippen LogP contribution in [-0.2, 0) is 18.4 Å². The molecule has 1 aliphatic rings. The molecule has 24 heavy (non-hydrogen) atoms. The molecule has 1 saturated heterocycles. The van der Waals surface area contributed by atoms with Gasteiger partial charge in [0.1, 0.15) is 5.82 Å². The lowest BCUT2D eigenvalue weighted by molar-refractivity contribution is -0.143. The predicted octanol–water partition coefficient (Wildman–Crippen LogP) is 2.23. The average Bonchev–Trinajstić information content (AvgIpc) is 2.90. The molecule has 0 unspecified atom stereocenters. The highest BCUT2D eigenvalue weighted by Crippen LogP contribution is 2.23. The van der Waals surface area contributed by atoms with Crippen LogP contribution in [0.4, 0.5) is 4.79 Å². The topological polar surface area (TPSA) is 87.5 Å². The number of imidazole rings is 1. The van der Waals surface area contributed by atoms with Crippen LogP contribution in [0.2, 0.25) is 5.02 Å². The zero-order valence-electron chi connectivity index (χ0n) is 13.3. The first-order valence-corrected chi connectivity index (χ1v) is 8.20. The number of aliphatic carboxylic acids is 1. The van der Waals surface area contributed by atoms with Gasteiger partial charge in [0, 0.05) is 20.1 Å². The Labute approximate surface area is 144 Å². The lowest BCUT2D eigenvalue weighted by atomic mass is 9.97. The third-order valence-electron chi connectivity index (χ3n) is 4.47. The van der Waals surface area contributed by atoms with Gasteiger partial charge in [0.15, 0.2) is 0 Å². The van der Waals surface area contributed by atoms with Gasteiger partial charge in [-0.05, 0) is 25.0 Å². The highest BCUT2D eigenvalue weighted by Gasteiger charge is 2.27. The molecule has 1 aliphatic heterocycles. The number of hydrogen-bond acceptors (Lipinski definition) is 3. The smallest absolute Gasteiger partial charge is 0.317 e. The van der Waals surface area contributed by atoms with E-state index in [1.165, 1.54) is 0 Å². The Kier molecular flexibility index (Phi) is 4.62. The number of rotatable bonds is 3. The molecule has 2 heterocycles. The normalized spacial score (nSPS) is 15.7. The number of aryl methyl sites for hydroxylation is 1. The minimum atomic E-state index is -0.786. The molecule has 128 valence electrons. The highest BCUT2D eigenvalue weighted by atomic mass is 35.5. The summed E-state index contributed by atoms with van der Waals surface area (Å²) in [6.45, 7) is 1.20. The number of halogens is 1.